The number of amides is 1. The molecular weight excluding hydrogens is 558 g/mol. The van der Waals surface area contributed by atoms with Crippen LogP contribution in [0.3, 0.4) is 0 Å². The molecule has 12 heteroatoms. The second-order valence-electron chi connectivity index (χ2n) is 9.68. The maximum atomic E-state index is 13.6. The fourth-order valence-electron chi connectivity index (χ4n) is 4.93. The number of carbonyl (C=O) groups is 1. The molecular formula is C27H28ClN5O4S2. The van der Waals surface area contributed by atoms with Gasteiger partial charge in [-0.2, -0.15) is 0 Å². The molecule has 0 unspecified atom stereocenters. The summed E-state index contributed by atoms with van der Waals surface area (Å²) in [5.74, 6) is 1.99. The third kappa shape index (κ3) is 5.23. The summed E-state index contributed by atoms with van der Waals surface area (Å²) in [6.45, 7) is 7.92. The molecule has 3 aromatic rings. The van der Waals surface area contributed by atoms with Gasteiger partial charge in [-0.05, 0) is 49.8 Å². The third-order valence-electron chi connectivity index (χ3n) is 6.88. The standard InChI is InChI=1S/C27H27N5O4S2.ClH/c1-17(2)32-26(34)22(38-27(32)37)14-19-24(28-23-5-3-4-8-31(23)25(19)33)30-11-9-29(10-12-30)15-18-6-7-20-21(13-18)36-16-35-20;/h3-8,13-14,17H,9-12,15-16H2,1-2H3;1H. The van der Waals surface area contributed by atoms with Gasteiger partial charge in [0.15, 0.2) is 11.5 Å². The van der Waals surface area contributed by atoms with E-state index in [2.05, 4.69) is 15.9 Å². The molecule has 3 aliphatic heterocycles. The number of piperazine rings is 1. The first-order chi connectivity index (χ1) is 18.4. The number of fused-ring (bicyclic) bond motifs is 2. The van der Waals surface area contributed by atoms with Crippen molar-refractivity contribution in [1.82, 2.24) is 19.2 Å². The van der Waals surface area contributed by atoms with E-state index in [1.807, 2.05) is 38.1 Å². The lowest BCUT2D eigenvalue weighted by molar-refractivity contribution is -0.123. The van der Waals surface area contributed by atoms with Gasteiger partial charge in [-0.1, -0.05) is 36.1 Å². The number of ether oxygens (including phenoxy) is 2. The van der Waals surface area contributed by atoms with Crippen molar-refractivity contribution >= 4 is 64.2 Å². The van der Waals surface area contributed by atoms with Gasteiger partial charge in [0, 0.05) is 45.0 Å². The Kier molecular flexibility index (Phi) is 7.86. The Bertz CT molecular complexity index is 1530. The van der Waals surface area contributed by atoms with E-state index in [1.165, 1.54) is 16.2 Å². The molecule has 0 N–H and O–H groups in total. The van der Waals surface area contributed by atoms with Crippen molar-refractivity contribution < 1.29 is 14.3 Å². The van der Waals surface area contributed by atoms with Gasteiger partial charge in [0.2, 0.25) is 6.79 Å². The van der Waals surface area contributed by atoms with Gasteiger partial charge in [-0.3, -0.25) is 23.8 Å². The minimum absolute atomic E-state index is 0. The Balaban J connectivity index is 0.00000308. The number of rotatable bonds is 5. The average molecular weight is 586 g/mol. The van der Waals surface area contributed by atoms with Crippen LogP contribution in [0, 0.1) is 0 Å². The maximum absolute atomic E-state index is 13.6. The summed E-state index contributed by atoms with van der Waals surface area (Å²) < 4.78 is 13.0. The molecule has 2 aromatic heterocycles. The van der Waals surface area contributed by atoms with E-state index in [9.17, 15) is 9.59 Å². The summed E-state index contributed by atoms with van der Waals surface area (Å²) in [5, 5.41) is 0. The van der Waals surface area contributed by atoms with Crippen molar-refractivity contribution in [1.29, 1.82) is 0 Å². The fourth-order valence-corrected chi connectivity index (χ4v) is 6.44. The van der Waals surface area contributed by atoms with E-state index in [0.717, 1.165) is 36.7 Å². The van der Waals surface area contributed by atoms with Gasteiger partial charge >= 0.3 is 0 Å². The van der Waals surface area contributed by atoms with Crippen LogP contribution in [-0.4, -0.2) is 68.4 Å². The number of thiocarbonyl (C=S) groups is 1. The van der Waals surface area contributed by atoms with Crippen LogP contribution in [0.15, 0.2) is 52.3 Å². The van der Waals surface area contributed by atoms with Gasteiger partial charge in [0.05, 0.1) is 10.5 Å². The molecule has 39 heavy (non-hydrogen) atoms. The molecule has 0 aliphatic carbocycles. The Morgan fingerprint density at radius 1 is 1.08 bits per heavy atom. The third-order valence-corrected chi connectivity index (χ3v) is 8.21. The van der Waals surface area contributed by atoms with Crippen molar-refractivity contribution in [2.75, 3.05) is 37.9 Å². The number of benzene rings is 1. The highest BCUT2D eigenvalue weighted by Crippen LogP contribution is 2.35. The molecule has 1 aromatic carbocycles. The smallest absolute Gasteiger partial charge is 0.267 e. The minimum Gasteiger partial charge on any atom is -0.454 e. The highest BCUT2D eigenvalue weighted by molar-refractivity contribution is 8.26. The van der Waals surface area contributed by atoms with Gasteiger partial charge in [0.25, 0.3) is 11.5 Å². The zero-order valence-electron chi connectivity index (χ0n) is 21.5. The van der Waals surface area contributed by atoms with Crippen LogP contribution < -0.4 is 19.9 Å². The molecule has 2 fully saturated rings. The number of hydrogen-bond donors (Lipinski definition) is 0. The number of thioether (sulfide) groups is 1. The largest absolute Gasteiger partial charge is 0.454 e. The highest BCUT2D eigenvalue weighted by atomic mass is 35.5. The topological polar surface area (TPSA) is 79.6 Å². The van der Waals surface area contributed by atoms with Crippen molar-refractivity contribution in [2.24, 2.45) is 0 Å². The molecule has 2 saturated heterocycles. The summed E-state index contributed by atoms with van der Waals surface area (Å²) in [4.78, 5) is 38.1. The molecule has 0 radical (unpaired) electrons. The van der Waals surface area contributed by atoms with E-state index in [-0.39, 0.29) is 36.7 Å². The molecule has 0 saturated carbocycles. The Morgan fingerprint density at radius 2 is 1.85 bits per heavy atom. The van der Waals surface area contributed by atoms with E-state index < -0.39 is 0 Å². The first kappa shape index (κ1) is 27.4. The summed E-state index contributed by atoms with van der Waals surface area (Å²) in [6.07, 6.45) is 3.37. The monoisotopic (exact) mass is 585 g/mol. The van der Waals surface area contributed by atoms with E-state index in [4.69, 9.17) is 26.7 Å². The number of pyridine rings is 1. The molecule has 204 valence electrons. The molecule has 1 amide bonds. The SMILES string of the molecule is CC(C)N1C(=O)C(=Cc2c(N3CCN(Cc4ccc5c(c4)OCO5)CC3)nc3ccccn3c2=O)SC1=S.Cl. The molecule has 5 heterocycles. The first-order valence-corrected chi connectivity index (χ1v) is 13.8. The lowest BCUT2D eigenvalue weighted by Crippen LogP contribution is -2.47. The summed E-state index contributed by atoms with van der Waals surface area (Å²) >= 11 is 6.68. The normalized spacial score (nSPS) is 18.5. The van der Waals surface area contributed by atoms with Crippen LogP contribution in [0.1, 0.15) is 25.0 Å². The summed E-state index contributed by atoms with van der Waals surface area (Å²) in [6, 6.07) is 11.5. The second kappa shape index (κ2) is 11.2. The molecule has 0 atom stereocenters. The zero-order chi connectivity index (χ0) is 26.4. The second-order valence-corrected chi connectivity index (χ2v) is 11.4. The molecule has 6 rings (SSSR count). The Labute approximate surface area is 241 Å². The van der Waals surface area contributed by atoms with Gasteiger partial charge in [-0.15, -0.1) is 12.4 Å². The van der Waals surface area contributed by atoms with Crippen molar-refractivity contribution in [3.05, 3.63) is 69.0 Å². The predicted octanol–water partition coefficient (Wildman–Crippen LogP) is 3.78. The van der Waals surface area contributed by atoms with E-state index >= 15 is 0 Å². The van der Waals surface area contributed by atoms with Crippen LogP contribution in [0.25, 0.3) is 11.7 Å². The first-order valence-electron chi connectivity index (χ1n) is 12.5. The zero-order valence-corrected chi connectivity index (χ0v) is 24.0. The lowest BCUT2D eigenvalue weighted by atomic mass is 10.1. The Morgan fingerprint density at radius 3 is 2.59 bits per heavy atom. The number of hydrogen-bond acceptors (Lipinski definition) is 9. The van der Waals surface area contributed by atoms with Crippen LogP contribution in [0.2, 0.25) is 0 Å². The van der Waals surface area contributed by atoms with Crippen LogP contribution in [0.4, 0.5) is 5.82 Å². The molecule has 3 aliphatic rings. The highest BCUT2D eigenvalue weighted by Gasteiger charge is 2.34. The van der Waals surface area contributed by atoms with Crippen molar-refractivity contribution in [2.45, 2.75) is 26.4 Å². The number of aromatic nitrogens is 2. The van der Waals surface area contributed by atoms with Crippen molar-refractivity contribution in [3.8, 4) is 11.5 Å². The van der Waals surface area contributed by atoms with Crippen LogP contribution >= 0.6 is 36.4 Å². The lowest BCUT2D eigenvalue weighted by Gasteiger charge is -2.36. The van der Waals surface area contributed by atoms with Crippen LogP contribution in [-0.2, 0) is 11.3 Å². The number of nitrogens with zero attached hydrogens (tertiary/aromatic N) is 5. The average Bonchev–Trinajstić information content (AvgIpc) is 3.49. The van der Waals surface area contributed by atoms with Gasteiger partial charge in [-0.25, -0.2) is 4.98 Å². The van der Waals surface area contributed by atoms with E-state index in [1.54, 1.807) is 23.2 Å². The fraction of sp³-hybridized carbons (Fsp3) is 0.333. The predicted molar refractivity (Wildman–Crippen MR) is 159 cm³/mol. The van der Waals surface area contributed by atoms with Gasteiger partial charge in [0.1, 0.15) is 15.8 Å². The van der Waals surface area contributed by atoms with Crippen molar-refractivity contribution in [3.63, 3.8) is 0 Å². The molecule has 9 nitrogen and oxygen atoms in total. The summed E-state index contributed by atoms with van der Waals surface area (Å²) in [5.41, 5.74) is 1.94. The Hall–Kier alpha value is -3.12. The minimum atomic E-state index is -0.205. The number of anilines is 1. The molecule has 0 spiro atoms. The van der Waals surface area contributed by atoms with Crippen LogP contribution in [0.5, 0.6) is 11.5 Å². The number of halogens is 1. The van der Waals surface area contributed by atoms with Gasteiger partial charge < -0.3 is 14.4 Å². The van der Waals surface area contributed by atoms with E-state index in [0.29, 0.717) is 39.3 Å². The quantitative estimate of drug-likeness (QED) is 0.328. The maximum Gasteiger partial charge on any atom is 0.267 e. The number of carbonyl (C=O) groups excluding carboxylic acids is 1. The molecule has 0 bridgehead atoms. The summed E-state index contributed by atoms with van der Waals surface area (Å²) in [7, 11) is 0.